The molecule has 1 aliphatic rings. The van der Waals surface area contributed by atoms with Gasteiger partial charge in [-0.25, -0.2) is 9.97 Å². The highest BCUT2D eigenvalue weighted by atomic mass is 16.3. The van der Waals surface area contributed by atoms with E-state index in [4.69, 9.17) is 4.42 Å². The molecule has 0 spiro atoms. The molecule has 150 valence electrons. The Morgan fingerprint density at radius 1 is 1.21 bits per heavy atom. The lowest BCUT2D eigenvalue weighted by Crippen LogP contribution is -2.49. The predicted octanol–water partition coefficient (Wildman–Crippen LogP) is 1.97. The van der Waals surface area contributed by atoms with Crippen LogP contribution in [0.25, 0.3) is 0 Å². The Kier molecular flexibility index (Phi) is 6.28. The lowest BCUT2D eigenvalue weighted by molar-refractivity contribution is -0.131. The van der Waals surface area contributed by atoms with Gasteiger partial charge in [0.25, 0.3) is 5.91 Å². The van der Waals surface area contributed by atoms with Crippen LogP contribution in [0.15, 0.2) is 28.9 Å². The Labute approximate surface area is 164 Å². The zero-order chi connectivity index (χ0) is 20.1. The summed E-state index contributed by atoms with van der Waals surface area (Å²) in [5.74, 6) is 2.04. The topological polar surface area (TPSA) is 91.6 Å². The van der Waals surface area contributed by atoms with Gasteiger partial charge >= 0.3 is 0 Å². The number of hydrogen-bond acceptors (Lipinski definition) is 6. The van der Waals surface area contributed by atoms with Crippen LogP contribution in [-0.2, 0) is 4.79 Å². The Morgan fingerprint density at radius 3 is 2.61 bits per heavy atom. The Balaban J connectivity index is 1.47. The molecule has 2 aromatic heterocycles. The molecule has 1 fully saturated rings. The second-order valence-electron chi connectivity index (χ2n) is 7.23. The predicted molar refractivity (Wildman–Crippen MR) is 105 cm³/mol. The molecular weight excluding hydrogens is 358 g/mol. The van der Waals surface area contributed by atoms with Gasteiger partial charge in [0.15, 0.2) is 5.76 Å². The fraction of sp³-hybridized carbons (Fsp3) is 0.500. The summed E-state index contributed by atoms with van der Waals surface area (Å²) in [7, 11) is 0. The van der Waals surface area contributed by atoms with E-state index in [9.17, 15) is 9.59 Å². The first-order valence-electron chi connectivity index (χ1n) is 9.64. The number of aromatic nitrogens is 2. The van der Waals surface area contributed by atoms with Crippen LogP contribution in [0.4, 0.5) is 5.82 Å². The monoisotopic (exact) mass is 385 g/mol. The van der Waals surface area contributed by atoms with Gasteiger partial charge in [0.2, 0.25) is 5.91 Å². The molecule has 28 heavy (non-hydrogen) atoms. The van der Waals surface area contributed by atoms with Gasteiger partial charge in [-0.3, -0.25) is 9.59 Å². The fourth-order valence-electron chi connectivity index (χ4n) is 3.12. The number of furan rings is 1. The average molecular weight is 385 g/mol. The minimum absolute atomic E-state index is 0.0427. The molecule has 0 saturated carbocycles. The number of amides is 2. The molecule has 0 radical (unpaired) electrons. The minimum atomic E-state index is -0.303. The van der Waals surface area contributed by atoms with Crippen molar-refractivity contribution in [3.63, 3.8) is 0 Å². The maximum Gasteiger partial charge on any atom is 0.286 e. The Morgan fingerprint density at radius 2 is 1.96 bits per heavy atom. The third-order valence-corrected chi connectivity index (χ3v) is 4.70. The first-order valence-corrected chi connectivity index (χ1v) is 9.64. The highest BCUT2D eigenvalue weighted by molar-refractivity contribution is 5.91. The zero-order valence-electron chi connectivity index (χ0n) is 16.6. The number of nitrogens with zero attached hydrogens (tertiary/aromatic N) is 4. The molecule has 1 aliphatic heterocycles. The number of hydrogen-bond donors (Lipinski definition) is 1. The third-order valence-electron chi connectivity index (χ3n) is 4.70. The molecule has 8 nitrogen and oxygen atoms in total. The molecule has 3 heterocycles. The van der Waals surface area contributed by atoms with Gasteiger partial charge in [-0.05, 0) is 19.1 Å². The van der Waals surface area contributed by atoms with E-state index in [2.05, 4.69) is 34.0 Å². The molecule has 0 aliphatic carbocycles. The van der Waals surface area contributed by atoms with Crippen molar-refractivity contribution in [2.45, 2.75) is 33.1 Å². The zero-order valence-corrected chi connectivity index (χ0v) is 16.6. The van der Waals surface area contributed by atoms with Crippen molar-refractivity contribution in [1.29, 1.82) is 0 Å². The largest absolute Gasteiger partial charge is 0.459 e. The van der Waals surface area contributed by atoms with Crippen LogP contribution in [0, 0.1) is 6.92 Å². The van der Waals surface area contributed by atoms with Crippen LogP contribution >= 0.6 is 0 Å². The maximum absolute atomic E-state index is 12.4. The number of rotatable bonds is 6. The van der Waals surface area contributed by atoms with Crippen molar-refractivity contribution in [3.05, 3.63) is 41.7 Å². The molecule has 0 aromatic carbocycles. The van der Waals surface area contributed by atoms with E-state index < -0.39 is 0 Å². The number of aryl methyl sites for hydroxylation is 1. The van der Waals surface area contributed by atoms with Gasteiger partial charge < -0.3 is 19.5 Å². The summed E-state index contributed by atoms with van der Waals surface area (Å²) in [6.45, 7) is 9.20. The summed E-state index contributed by atoms with van der Waals surface area (Å²) in [6.07, 6.45) is 1.72. The van der Waals surface area contributed by atoms with E-state index in [-0.39, 0.29) is 29.9 Å². The van der Waals surface area contributed by atoms with E-state index in [0.29, 0.717) is 19.6 Å². The number of carbonyl (C=O) groups is 2. The third kappa shape index (κ3) is 4.88. The van der Waals surface area contributed by atoms with Gasteiger partial charge in [0.05, 0.1) is 6.26 Å². The van der Waals surface area contributed by atoms with Crippen molar-refractivity contribution in [3.8, 4) is 0 Å². The lowest BCUT2D eigenvalue weighted by Gasteiger charge is -2.35. The van der Waals surface area contributed by atoms with Gasteiger partial charge in [-0.1, -0.05) is 13.8 Å². The molecule has 8 heteroatoms. The van der Waals surface area contributed by atoms with Crippen LogP contribution in [-0.4, -0.2) is 59.4 Å². The number of nitrogens with one attached hydrogen (secondary N) is 1. The van der Waals surface area contributed by atoms with Crippen molar-refractivity contribution in [2.75, 3.05) is 37.6 Å². The molecule has 1 N–H and O–H groups in total. The SMILES string of the molecule is Cc1cc(N2CCN(C(=O)CCNC(=O)c3ccco3)CC2)nc(C(C)C)n1. The fourth-order valence-corrected chi connectivity index (χ4v) is 3.12. The van der Waals surface area contributed by atoms with Crippen molar-refractivity contribution < 1.29 is 14.0 Å². The van der Waals surface area contributed by atoms with Crippen molar-refractivity contribution in [2.24, 2.45) is 0 Å². The van der Waals surface area contributed by atoms with E-state index in [1.807, 2.05) is 17.9 Å². The normalized spacial score (nSPS) is 14.4. The first-order chi connectivity index (χ1) is 13.4. The summed E-state index contributed by atoms with van der Waals surface area (Å²) in [6, 6.07) is 5.24. The van der Waals surface area contributed by atoms with Crippen LogP contribution in [0.1, 0.15) is 48.3 Å². The van der Waals surface area contributed by atoms with E-state index in [1.165, 1.54) is 6.26 Å². The van der Waals surface area contributed by atoms with Gasteiger partial charge in [0.1, 0.15) is 11.6 Å². The lowest BCUT2D eigenvalue weighted by atomic mass is 10.2. The summed E-state index contributed by atoms with van der Waals surface area (Å²) >= 11 is 0. The van der Waals surface area contributed by atoms with Crippen LogP contribution in [0.5, 0.6) is 0 Å². The van der Waals surface area contributed by atoms with Gasteiger partial charge in [-0.15, -0.1) is 0 Å². The highest BCUT2D eigenvalue weighted by Gasteiger charge is 2.22. The quantitative estimate of drug-likeness (QED) is 0.817. The van der Waals surface area contributed by atoms with E-state index in [1.54, 1.807) is 12.1 Å². The molecule has 0 unspecified atom stereocenters. The van der Waals surface area contributed by atoms with Crippen LogP contribution < -0.4 is 10.2 Å². The molecule has 2 aromatic rings. The number of piperazine rings is 1. The van der Waals surface area contributed by atoms with Gasteiger partial charge in [-0.2, -0.15) is 0 Å². The summed E-state index contributed by atoms with van der Waals surface area (Å²) in [5, 5.41) is 2.71. The summed E-state index contributed by atoms with van der Waals surface area (Å²) < 4.78 is 5.03. The second kappa shape index (κ2) is 8.86. The Hall–Kier alpha value is -2.90. The van der Waals surface area contributed by atoms with Crippen LogP contribution in [0.3, 0.4) is 0 Å². The smallest absolute Gasteiger partial charge is 0.286 e. The standard InChI is InChI=1S/C20H27N5O3/c1-14(2)19-22-15(3)13-17(23-19)24-8-10-25(11-9-24)18(26)6-7-21-20(27)16-5-4-12-28-16/h4-5,12-14H,6-11H2,1-3H3,(H,21,27). The molecule has 2 amide bonds. The van der Waals surface area contributed by atoms with Crippen molar-refractivity contribution in [1.82, 2.24) is 20.2 Å². The van der Waals surface area contributed by atoms with E-state index in [0.717, 1.165) is 30.4 Å². The number of anilines is 1. The minimum Gasteiger partial charge on any atom is -0.459 e. The molecule has 0 atom stereocenters. The average Bonchev–Trinajstić information content (AvgIpc) is 3.22. The van der Waals surface area contributed by atoms with Crippen molar-refractivity contribution >= 4 is 17.6 Å². The molecule has 0 bridgehead atoms. The summed E-state index contributed by atoms with van der Waals surface area (Å²) in [4.78, 5) is 37.4. The second-order valence-corrected chi connectivity index (χ2v) is 7.23. The molecular formula is C20H27N5O3. The first kappa shape index (κ1) is 19.9. The van der Waals surface area contributed by atoms with Gasteiger partial charge in [0, 0.05) is 56.8 Å². The molecule has 3 rings (SSSR count). The Bertz CT molecular complexity index is 811. The molecule has 1 saturated heterocycles. The highest BCUT2D eigenvalue weighted by Crippen LogP contribution is 2.18. The number of carbonyl (C=O) groups excluding carboxylic acids is 2. The van der Waals surface area contributed by atoms with E-state index >= 15 is 0 Å². The van der Waals surface area contributed by atoms with Crippen LogP contribution in [0.2, 0.25) is 0 Å². The summed E-state index contributed by atoms with van der Waals surface area (Å²) in [5.41, 5.74) is 0.958. The maximum atomic E-state index is 12.4.